The molecule has 0 spiro atoms. The Labute approximate surface area is 377 Å². The van der Waals surface area contributed by atoms with Crippen LogP contribution in [0.15, 0.2) is 78.3 Å². The highest BCUT2D eigenvalue weighted by Crippen LogP contribution is 2.20. The Hall–Kier alpha value is -6.19. The van der Waals surface area contributed by atoms with Crippen LogP contribution in [0.25, 0.3) is 10.9 Å². The average molecular weight is 882 g/mol. The van der Waals surface area contributed by atoms with Gasteiger partial charge in [-0.1, -0.05) is 133 Å². The number of imidazole rings is 1. The van der Waals surface area contributed by atoms with Crippen LogP contribution in [0.1, 0.15) is 126 Å². The summed E-state index contributed by atoms with van der Waals surface area (Å²) in [4.78, 5) is 82.7. The van der Waals surface area contributed by atoms with E-state index < -0.39 is 47.8 Å². The summed E-state index contributed by atoms with van der Waals surface area (Å²) in [7, 11) is 0. The monoisotopic (exact) mass is 882 g/mol. The molecule has 0 saturated heterocycles. The fourth-order valence-electron chi connectivity index (χ4n) is 7.79. The number of fused-ring (bicyclic) bond motifs is 1. The molecule has 16 heteroatoms. The molecule has 4 aromatic rings. The zero-order chi connectivity index (χ0) is 45.9. The molecule has 12 N–H and O–H groups in total. The standard InChI is InChI=1S/C48H71N11O5/c1-2-3-4-5-6-7-8-9-10-11-12-13-17-26-43(60)56-42(30-36-32-52-33-55-36)47(64)59-41(28-34-21-15-14-16-22-34)46(63)57-39(25-20-27-53-48(50)51)45(62)58-40(44(49)61)29-35-31-54-38-24-19-18-23-37(35)38/h14-16,18-19,21-24,31-33,39-42,54H,2-13,17,20,25-30H2,1H3,(H2,49,61)(H,52,55)(H,56,60)(H,57,63)(H,58,62)(H,59,64)(H4,50,51,53)/t39-,40-,41+,42-/m0/s1. The predicted molar refractivity (Wildman–Crippen MR) is 252 cm³/mol. The van der Waals surface area contributed by atoms with E-state index in [0.29, 0.717) is 18.5 Å². The van der Waals surface area contributed by atoms with Crippen molar-refractivity contribution in [3.05, 3.63) is 90.1 Å². The number of aliphatic imine (C=N–C) groups is 1. The number of para-hydroxylation sites is 1. The van der Waals surface area contributed by atoms with Crippen molar-refractivity contribution in [3.8, 4) is 0 Å². The van der Waals surface area contributed by atoms with Crippen molar-refractivity contribution in [1.29, 1.82) is 0 Å². The van der Waals surface area contributed by atoms with Crippen LogP contribution >= 0.6 is 0 Å². The first-order valence-corrected chi connectivity index (χ1v) is 23.1. The van der Waals surface area contributed by atoms with Gasteiger partial charge in [0.05, 0.1) is 6.33 Å². The number of benzene rings is 2. The lowest BCUT2D eigenvalue weighted by atomic mass is 10.0. The molecule has 16 nitrogen and oxygen atoms in total. The van der Waals surface area contributed by atoms with Crippen molar-refractivity contribution in [2.24, 2.45) is 22.2 Å². The number of aromatic nitrogens is 3. The number of nitrogens with zero attached hydrogens (tertiary/aromatic N) is 2. The second-order valence-electron chi connectivity index (χ2n) is 16.7. The Bertz CT molecular complexity index is 2030. The maximum absolute atomic E-state index is 14.3. The molecule has 0 aliphatic heterocycles. The van der Waals surface area contributed by atoms with E-state index in [-0.39, 0.29) is 50.5 Å². The van der Waals surface area contributed by atoms with Crippen molar-refractivity contribution in [2.75, 3.05) is 6.54 Å². The smallest absolute Gasteiger partial charge is 0.243 e. The number of guanidine groups is 1. The largest absolute Gasteiger partial charge is 0.370 e. The van der Waals surface area contributed by atoms with Crippen molar-refractivity contribution in [3.63, 3.8) is 0 Å². The van der Waals surface area contributed by atoms with Crippen LogP contribution in [0, 0.1) is 0 Å². The topological polar surface area (TPSA) is 268 Å². The van der Waals surface area contributed by atoms with E-state index >= 15 is 0 Å². The molecule has 2 aromatic heterocycles. The summed E-state index contributed by atoms with van der Waals surface area (Å²) in [5.74, 6) is -3.01. The minimum atomic E-state index is -1.16. The number of hydrogen-bond acceptors (Lipinski definition) is 7. The Morgan fingerprint density at radius 1 is 0.625 bits per heavy atom. The number of nitrogens with two attached hydrogens (primary N) is 3. The molecular weight excluding hydrogens is 811 g/mol. The predicted octanol–water partition coefficient (Wildman–Crippen LogP) is 4.88. The van der Waals surface area contributed by atoms with Gasteiger partial charge in [-0.2, -0.15) is 0 Å². The third-order valence-corrected chi connectivity index (χ3v) is 11.4. The van der Waals surface area contributed by atoms with E-state index in [1.165, 1.54) is 64.1 Å². The first-order chi connectivity index (χ1) is 31.0. The fourth-order valence-corrected chi connectivity index (χ4v) is 7.79. The maximum atomic E-state index is 14.3. The highest BCUT2D eigenvalue weighted by molar-refractivity contribution is 5.96. The summed E-state index contributed by atoms with van der Waals surface area (Å²) in [5.41, 5.74) is 19.9. The highest BCUT2D eigenvalue weighted by atomic mass is 16.2. The SMILES string of the molecule is CCCCCCCCCCCCCCCC(=O)N[C@@H](Cc1cnc[nH]1)C(=O)N[C@H](Cc1ccccc1)C(=O)N[C@@H](CCCN=C(N)N)C(=O)N[C@@H](Cc1c[nH]c2ccccc12)C(N)=O. The number of amides is 5. The lowest BCUT2D eigenvalue weighted by Gasteiger charge is -2.26. The number of carbonyl (C=O) groups is 5. The van der Waals surface area contributed by atoms with Gasteiger partial charge in [-0.05, 0) is 36.5 Å². The fraction of sp³-hybridized carbons (Fsp3) is 0.521. The van der Waals surface area contributed by atoms with Gasteiger partial charge in [0.2, 0.25) is 29.5 Å². The average Bonchev–Trinajstić information content (AvgIpc) is 3.96. The van der Waals surface area contributed by atoms with Crippen LogP contribution in [-0.4, -0.2) is 81.2 Å². The molecule has 0 radical (unpaired) electrons. The Morgan fingerprint density at radius 2 is 1.20 bits per heavy atom. The highest BCUT2D eigenvalue weighted by Gasteiger charge is 2.32. The van der Waals surface area contributed by atoms with Crippen molar-refractivity contribution in [2.45, 2.75) is 153 Å². The summed E-state index contributed by atoms with van der Waals surface area (Å²) in [5, 5.41) is 12.2. The Balaban J connectivity index is 1.41. The number of H-pyrrole nitrogens is 2. The van der Waals surface area contributed by atoms with Crippen molar-refractivity contribution in [1.82, 2.24) is 36.2 Å². The number of aromatic amines is 2. The minimum absolute atomic E-state index is 0.0783. The van der Waals surface area contributed by atoms with E-state index in [4.69, 9.17) is 17.2 Å². The van der Waals surface area contributed by atoms with Gasteiger partial charge in [-0.25, -0.2) is 4.98 Å². The summed E-state index contributed by atoms with van der Waals surface area (Å²) < 4.78 is 0. The lowest BCUT2D eigenvalue weighted by molar-refractivity contribution is -0.134. The molecule has 0 aliphatic carbocycles. The van der Waals surface area contributed by atoms with Crippen LogP contribution in [-0.2, 0) is 43.2 Å². The van der Waals surface area contributed by atoms with E-state index in [1.54, 1.807) is 12.4 Å². The Kier molecular flexibility index (Phi) is 22.5. The third-order valence-electron chi connectivity index (χ3n) is 11.4. The van der Waals surface area contributed by atoms with Gasteiger partial charge >= 0.3 is 0 Å². The number of hydrogen-bond donors (Lipinski definition) is 9. The normalized spacial score (nSPS) is 13.0. The first-order valence-electron chi connectivity index (χ1n) is 23.1. The number of unbranched alkanes of at least 4 members (excludes halogenated alkanes) is 12. The molecule has 2 heterocycles. The molecule has 0 unspecified atom stereocenters. The van der Waals surface area contributed by atoms with E-state index in [0.717, 1.165) is 41.3 Å². The molecule has 0 aliphatic rings. The van der Waals surface area contributed by atoms with Crippen LogP contribution in [0.5, 0.6) is 0 Å². The first kappa shape index (κ1) is 50.5. The van der Waals surface area contributed by atoms with Crippen LogP contribution in [0.4, 0.5) is 0 Å². The molecule has 0 fully saturated rings. The van der Waals surface area contributed by atoms with Gasteiger partial charge in [-0.3, -0.25) is 29.0 Å². The summed E-state index contributed by atoms with van der Waals surface area (Å²) in [6.07, 6.45) is 21.2. The molecular formula is C48H71N11O5. The number of carbonyl (C=O) groups excluding carboxylic acids is 5. The van der Waals surface area contributed by atoms with Gasteiger partial charge in [0, 0.05) is 61.2 Å². The van der Waals surface area contributed by atoms with Crippen molar-refractivity contribution >= 4 is 46.4 Å². The van der Waals surface area contributed by atoms with E-state index in [9.17, 15) is 24.0 Å². The maximum Gasteiger partial charge on any atom is 0.243 e. The Morgan fingerprint density at radius 3 is 1.83 bits per heavy atom. The summed E-state index contributed by atoms with van der Waals surface area (Å²) in [6, 6.07) is 12.2. The second-order valence-corrected chi connectivity index (χ2v) is 16.7. The second kappa shape index (κ2) is 28.5. The molecule has 5 amide bonds. The summed E-state index contributed by atoms with van der Waals surface area (Å²) in [6.45, 7) is 2.41. The molecule has 348 valence electrons. The molecule has 4 rings (SSSR count). The molecule has 0 saturated carbocycles. The van der Waals surface area contributed by atoms with Gasteiger partial charge < -0.3 is 48.4 Å². The molecule has 64 heavy (non-hydrogen) atoms. The third kappa shape index (κ3) is 18.7. The zero-order valence-corrected chi connectivity index (χ0v) is 37.5. The quantitative estimate of drug-likeness (QED) is 0.0185. The number of nitrogens with one attached hydrogen (secondary N) is 6. The van der Waals surface area contributed by atoms with Crippen molar-refractivity contribution < 1.29 is 24.0 Å². The minimum Gasteiger partial charge on any atom is -0.370 e. The van der Waals surface area contributed by atoms with E-state index in [1.807, 2.05) is 54.6 Å². The van der Waals surface area contributed by atoms with Gasteiger partial charge in [0.1, 0.15) is 24.2 Å². The zero-order valence-electron chi connectivity index (χ0n) is 37.5. The van der Waals surface area contributed by atoms with Gasteiger partial charge in [-0.15, -0.1) is 0 Å². The number of rotatable bonds is 32. The molecule has 0 bridgehead atoms. The van der Waals surface area contributed by atoms with Gasteiger partial charge in [0.15, 0.2) is 5.96 Å². The van der Waals surface area contributed by atoms with Crippen LogP contribution < -0.4 is 38.5 Å². The molecule has 4 atom stereocenters. The van der Waals surface area contributed by atoms with Crippen LogP contribution in [0.3, 0.4) is 0 Å². The van der Waals surface area contributed by atoms with Crippen LogP contribution in [0.2, 0.25) is 0 Å². The lowest BCUT2D eigenvalue weighted by Crippen LogP contribution is -2.59. The summed E-state index contributed by atoms with van der Waals surface area (Å²) >= 11 is 0. The van der Waals surface area contributed by atoms with Gasteiger partial charge in [0.25, 0.3) is 0 Å². The molecule has 2 aromatic carbocycles. The van der Waals surface area contributed by atoms with E-state index in [2.05, 4.69) is 48.1 Å². The number of primary amides is 1.